The van der Waals surface area contributed by atoms with Crippen LogP contribution in [0.25, 0.3) is 0 Å². The van der Waals surface area contributed by atoms with Gasteiger partial charge in [-0.15, -0.1) is 0 Å². The van der Waals surface area contributed by atoms with Gasteiger partial charge in [0.05, 0.1) is 24.9 Å². The van der Waals surface area contributed by atoms with Crippen LogP contribution < -0.4 is 0 Å². The van der Waals surface area contributed by atoms with Crippen molar-refractivity contribution in [3.8, 4) is 0 Å². The molecular weight excluding hydrogens is 444 g/mol. The molecule has 2 heterocycles. The minimum atomic E-state index is -0.451. The zero-order valence-corrected chi connectivity index (χ0v) is 24.5. The van der Waals surface area contributed by atoms with Crippen molar-refractivity contribution in [1.82, 2.24) is 0 Å². The summed E-state index contributed by atoms with van der Waals surface area (Å²) < 4.78 is 20.1. The number of rotatable bonds is 0. The number of ether oxygens (including phenoxy) is 3. The van der Waals surface area contributed by atoms with Gasteiger partial charge in [0.1, 0.15) is 0 Å². The van der Waals surface area contributed by atoms with Crippen molar-refractivity contribution >= 4 is 0 Å². The summed E-state index contributed by atoms with van der Waals surface area (Å²) in [5.41, 5.74) is 1.65. The smallest absolute Gasteiger partial charge is 0.163 e. The predicted molar refractivity (Wildman–Crippen MR) is 143 cm³/mol. The van der Waals surface area contributed by atoms with Crippen molar-refractivity contribution in [3.63, 3.8) is 0 Å². The molecule has 10 unspecified atom stereocenters. The fraction of sp³-hybridized carbons (Fsp3) is 0.939. The van der Waals surface area contributed by atoms with Crippen molar-refractivity contribution in [1.29, 1.82) is 0 Å². The molecule has 0 radical (unpaired) electrons. The van der Waals surface area contributed by atoms with Gasteiger partial charge in [-0.3, -0.25) is 0 Å². The van der Waals surface area contributed by atoms with E-state index in [-0.39, 0.29) is 27.3 Å². The fourth-order valence-corrected chi connectivity index (χ4v) is 12.1. The second-order valence-electron chi connectivity index (χ2n) is 16.9. The van der Waals surface area contributed by atoms with Gasteiger partial charge in [-0.25, -0.2) is 0 Å². The maximum Gasteiger partial charge on any atom is 0.163 e. The highest BCUT2D eigenvalue weighted by molar-refractivity contribution is 5.34. The van der Waals surface area contributed by atoms with Crippen LogP contribution in [0.5, 0.6) is 0 Å². The molecule has 7 rings (SSSR count). The van der Waals surface area contributed by atoms with Gasteiger partial charge < -0.3 is 14.2 Å². The Morgan fingerprint density at radius 1 is 0.694 bits per heavy atom. The van der Waals surface area contributed by atoms with Gasteiger partial charge in [0.2, 0.25) is 0 Å². The van der Waals surface area contributed by atoms with Crippen LogP contribution in [-0.2, 0) is 14.2 Å². The average molecular weight is 497 g/mol. The number of allylic oxidation sites excluding steroid dienone is 1. The molecule has 202 valence electrons. The van der Waals surface area contributed by atoms with Gasteiger partial charge in [0.25, 0.3) is 0 Å². The van der Waals surface area contributed by atoms with Crippen LogP contribution in [-0.4, -0.2) is 30.7 Å². The second kappa shape index (κ2) is 6.84. The normalized spacial score (nSPS) is 60.2. The van der Waals surface area contributed by atoms with E-state index < -0.39 is 5.79 Å². The van der Waals surface area contributed by atoms with E-state index >= 15 is 0 Å². The molecule has 3 nitrogen and oxygen atoms in total. The summed E-state index contributed by atoms with van der Waals surface area (Å²) in [4.78, 5) is 0. The van der Waals surface area contributed by atoms with E-state index in [4.69, 9.17) is 14.2 Å². The lowest BCUT2D eigenvalue weighted by Crippen LogP contribution is -2.71. The number of hydrogen-bond donors (Lipinski definition) is 0. The largest absolute Gasteiger partial charge is 0.369 e. The molecule has 0 aromatic heterocycles. The van der Waals surface area contributed by atoms with E-state index in [1.807, 2.05) is 0 Å². The molecular formula is C33H52O3. The first-order valence-corrected chi connectivity index (χ1v) is 15.3. The van der Waals surface area contributed by atoms with Crippen LogP contribution >= 0.6 is 0 Å². The van der Waals surface area contributed by atoms with Crippen molar-refractivity contribution in [3.05, 3.63) is 12.2 Å². The molecule has 1 spiro atoms. The highest BCUT2D eigenvalue weighted by Gasteiger charge is 2.77. The first kappa shape index (κ1) is 24.6. The average Bonchev–Trinajstić information content (AvgIpc) is 3.03. The Hall–Kier alpha value is -0.380. The zero-order valence-electron chi connectivity index (χ0n) is 24.5. The SMILES string of the molecule is CC1(C)CCC23CCC4(C)C5(C)CCC6C7(C)COC(C)(C)OC7CCC6(C)C5C=CC4(OC2)C3C1. The van der Waals surface area contributed by atoms with Crippen molar-refractivity contribution in [2.24, 2.45) is 50.2 Å². The maximum atomic E-state index is 7.19. The molecule has 2 bridgehead atoms. The van der Waals surface area contributed by atoms with Crippen molar-refractivity contribution < 1.29 is 14.2 Å². The Kier molecular flexibility index (Phi) is 4.68. The third kappa shape index (κ3) is 2.68. The fourth-order valence-electron chi connectivity index (χ4n) is 12.1. The molecule has 0 aromatic carbocycles. The quantitative estimate of drug-likeness (QED) is 0.319. The molecule has 7 aliphatic rings. The van der Waals surface area contributed by atoms with E-state index in [1.165, 1.54) is 51.4 Å². The molecule has 3 heteroatoms. The first-order chi connectivity index (χ1) is 16.7. The number of hydrogen-bond acceptors (Lipinski definition) is 3. The molecule has 0 aromatic rings. The van der Waals surface area contributed by atoms with Gasteiger partial charge in [0, 0.05) is 16.7 Å². The molecule has 0 N–H and O–H groups in total. The van der Waals surface area contributed by atoms with Gasteiger partial charge in [-0.05, 0) is 105 Å². The van der Waals surface area contributed by atoms with Crippen LogP contribution in [0, 0.1) is 50.2 Å². The highest BCUT2D eigenvalue weighted by atomic mass is 16.7. The molecule has 0 amide bonds. The molecule has 2 saturated heterocycles. The van der Waals surface area contributed by atoms with Gasteiger partial charge >= 0.3 is 0 Å². The van der Waals surface area contributed by atoms with Crippen LogP contribution in [0.2, 0.25) is 0 Å². The summed E-state index contributed by atoms with van der Waals surface area (Å²) in [6.07, 6.45) is 17.5. The summed E-state index contributed by atoms with van der Waals surface area (Å²) in [7, 11) is 0. The van der Waals surface area contributed by atoms with Crippen LogP contribution in [0.1, 0.15) is 113 Å². The Balaban J connectivity index is 1.30. The molecule has 6 fully saturated rings. The van der Waals surface area contributed by atoms with Crippen LogP contribution in [0.15, 0.2) is 12.2 Å². The molecule has 36 heavy (non-hydrogen) atoms. The lowest BCUT2D eigenvalue weighted by Gasteiger charge is -2.73. The highest BCUT2D eigenvalue weighted by Crippen LogP contribution is 2.79. The van der Waals surface area contributed by atoms with Crippen LogP contribution in [0.3, 0.4) is 0 Å². The predicted octanol–water partition coefficient (Wildman–Crippen LogP) is 7.93. The van der Waals surface area contributed by atoms with Crippen molar-refractivity contribution in [2.75, 3.05) is 13.2 Å². The third-order valence-corrected chi connectivity index (χ3v) is 14.5. The Bertz CT molecular complexity index is 999. The molecule has 10 atom stereocenters. The first-order valence-electron chi connectivity index (χ1n) is 15.3. The lowest BCUT2D eigenvalue weighted by atomic mass is 9.32. The van der Waals surface area contributed by atoms with Gasteiger partial charge in [0.15, 0.2) is 5.79 Å². The van der Waals surface area contributed by atoms with Crippen molar-refractivity contribution in [2.45, 2.75) is 131 Å². The Morgan fingerprint density at radius 3 is 2.22 bits per heavy atom. The number of fused-ring (bicyclic) bond motifs is 6. The minimum Gasteiger partial charge on any atom is -0.369 e. The molecule has 5 aliphatic carbocycles. The van der Waals surface area contributed by atoms with E-state index in [0.29, 0.717) is 34.7 Å². The minimum absolute atomic E-state index is 0.0699. The summed E-state index contributed by atoms with van der Waals surface area (Å²) in [5.74, 6) is 1.47. The second-order valence-corrected chi connectivity index (χ2v) is 16.9. The standard InChI is InChI=1S/C33H52O3/c1-26(2)15-17-32-18-16-31(8)30(7)13-9-22-28(5,12-11-25-29(22,6)20-34-27(3,4)36-25)23(30)10-14-33(31,35-21-32)24(32)19-26/h10,14,22-25H,9,11-13,15-21H2,1-8H3. The Morgan fingerprint density at radius 2 is 1.44 bits per heavy atom. The summed E-state index contributed by atoms with van der Waals surface area (Å²) in [5, 5.41) is 0. The lowest BCUT2D eigenvalue weighted by molar-refractivity contribution is -0.351. The van der Waals surface area contributed by atoms with E-state index in [2.05, 4.69) is 67.5 Å². The van der Waals surface area contributed by atoms with E-state index in [1.54, 1.807) is 0 Å². The zero-order chi connectivity index (χ0) is 25.6. The summed E-state index contributed by atoms with van der Waals surface area (Å²) in [6.45, 7) is 21.6. The molecule has 2 aliphatic heterocycles. The van der Waals surface area contributed by atoms with Crippen LogP contribution in [0.4, 0.5) is 0 Å². The monoisotopic (exact) mass is 496 g/mol. The van der Waals surface area contributed by atoms with Gasteiger partial charge in [-0.1, -0.05) is 53.7 Å². The topological polar surface area (TPSA) is 27.7 Å². The Labute approximate surface area is 220 Å². The van der Waals surface area contributed by atoms with E-state index in [9.17, 15) is 0 Å². The summed E-state index contributed by atoms with van der Waals surface area (Å²) in [6, 6.07) is 0. The van der Waals surface area contributed by atoms with Gasteiger partial charge in [-0.2, -0.15) is 0 Å². The maximum absolute atomic E-state index is 7.19. The third-order valence-electron chi connectivity index (χ3n) is 14.5. The van der Waals surface area contributed by atoms with E-state index in [0.717, 1.165) is 19.6 Å². The summed E-state index contributed by atoms with van der Waals surface area (Å²) >= 11 is 0. The molecule has 4 saturated carbocycles.